The quantitative estimate of drug-likeness (QED) is 0.680. The Morgan fingerprint density at radius 2 is 1.82 bits per heavy atom. The lowest BCUT2D eigenvalue weighted by Crippen LogP contribution is -2.29. The average molecular weight is 433 g/mol. The van der Waals surface area contributed by atoms with E-state index in [1.165, 1.54) is 36.4 Å². The van der Waals surface area contributed by atoms with E-state index in [2.05, 4.69) is 11.9 Å². The Bertz CT molecular complexity index is 990. The fourth-order valence-electron chi connectivity index (χ4n) is 2.38. The third kappa shape index (κ3) is 5.26. The highest BCUT2D eigenvalue weighted by Crippen LogP contribution is 2.36. The first-order chi connectivity index (χ1) is 12.9. The molecule has 1 amide bonds. The second kappa shape index (κ2) is 8.24. The van der Waals surface area contributed by atoms with E-state index in [1.807, 2.05) is 0 Å². The van der Waals surface area contributed by atoms with Crippen LogP contribution in [-0.4, -0.2) is 27.1 Å². The van der Waals surface area contributed by atoms with E-state index in [1.54, 1.807) is 0 Å². The lowest BCUT2D eigenvalue weighted by atomic mass is 10.1. The largest absolute Gasteiger partial charge is 0.418 e. The number of anilines is 2. The van der Waals surface area contributed by atoms with Crippen LogP contribution in [0.2, 0.25) is 5.02 Å². The summed E-state index contributed by atoms with van der Waals surface area (Å²) in [6, 6.07) is 8.41. The van der Waals surface area contributed by atoms with E-state index >= 15 is 0 Å². The molecule has 2 rings (SSSR count). The van der Waals surface area contributed by atoms with Crippen molar-refractivity contribution in [1.29, 1.82) is 0 Å². The molecule has 2 aromatic carbocycles. The number of hydrogen-bond acceptors (Lipinski definition) is 3. The third-order valence-corrected chi connectivity index (χ3v) is 5.04. The summed E-state index contributed by atoms with van der Waals surface area (Å²) in [5.41, 5.74) is -1.16. The maximum atomic E-state index is 13.1. The van der Waals surface area contributed by atoms with Gasteiger partial charge in [-0.1, -0.05) is 17.7 Å². The molecule has 0 aromatic heterocycles. The number of sulfonamides is 1. The summed E-state index contributed by atoms with van der Waals surface area (Å²) in [6.07, 6.45) is -2.27. The summed E-state index contributed by atoms with van der Waals surface area (Å²) in [5.74, 6) is -0.783. The molecule has 0 saturated heterocycles. The van der Waals surface area contributed by atoms with Gasteiger partial charge < -0.3 is 5.32 Å². The highest BCUT2D eigenvalue weighted by atomic mass is 35.5. The molecule has 10 heteroatoms. The molecular formula is C18H16ClF3N2O3S. The summed E-state index contributed by atoms with van der Waals surface area (Å²) in [4.78, 5) is 12.3. The van der Waals surface area contributed by atoms with Crippen LogP contribution in [0.4, 0.5) is 24.5 Å². The van der Waals surface area contributed by atoms with Gasteiger partial charge in [0, 0.05) is 10.6 Å². The van der Waals surface area contributed by atoms with Crippen molar-refractivity contribution in [2.24, 2.45) is 0 Å². The van der Waals surface area contributed by atoms with Crippen molar-refractivity contribution in [1.82, 2.24) is 0 Å². The molecule has 0 aliphatic rings. The van der Waals surface area contributed by atoms with E-state index in [9.17, 15) is 26.4 Å². The molecule has 2 aromatic rings. The highest BCUT2D eigenvalue weighted by Gasteiger charge is 2.34. The Morgan fingerprint density at radius 3 is 2.32 bits per heavy atom. The molecule has 5 nitrogen and oxygen atoms in total. The molecule has 0 aliphatic heterocycles. The number of alkyl halides is 3. The number of carbonyl (C=O) groups excluding carboxylic acids is 1. The van der Waals surface area contributed by atoms with Gasteiger partial charge in [0.1, 0.15) is 0 Å². The summed E-state index contributed by atoms with van der Waals surface area (Å²) >= 11 is 5.61. The minimum Gasteiger partial charge on any atom is -0.321 e. The summed E-state index contributed by atoms with van der Waals surface area (Å²) in [5, 5.41) is 2.09. The Balaban J connectivity index is 2.29. The van der Waals surface area contributed by atoms with Crippen molar-refractivity contribution >= 4 is 38.9 Å². The van der Waals surface area contributed by atoms with Crippen LogP contribution in [0.1, 0.15) is 15.9 Å². The highest BCUT2D eigenvalue weighted by molar-refractivity contribution is 7.92. The molecule has 0 bridgehead atoms. The average Bonchev–Trinajstić information content (AvgIpc) is 2.59. The van der Waals surface area contributed by atoms with Crippen molar-refractivity contribution in [2.45, 2.75) is 6.18 Å². The molecule has 0 radical (unpaired) electrons. The topological polar surface area (TPSA) is 66.5 Å². The SMILES string of the molecule is C=CCN(c1ccc(C(=O)Nc2ccc(Cl)cc2C(F)(F)F)cc1)S(C)(=O)=O. The zero-order chi connectivity index (χ0) is 21.1. The second-order valence-electron chi connectivity index (χ2n) is 5.77. The molecule has 0 heterocycles. The number of nitrogens with zero attached hydrogens (tertiary/aromatic N) is 1. The molecule has 0 aliphatic carbocycles. The Morgan fingerprint density at radius 1 is 1.21 bits per heavy atom. The minimum atomic E-state index is -4.70. The van der Waals surface area contributed by atoms with Gasteiger partial charge in [-0.25, -0.2) is 8.42 Å². The fraction of sp³-hybridized carbons (Fsp3) is 0.167. The Kier molecular flexibility index (Phi) is 6.41. The van der Waals surface area contributed by atoms with Gasteiger partial charge in [0.15, 0.2) is 0 Å². The minimum absolute atomic E-state index is 0.0318. The number of hydrogen-bond donors (Lipinski definition) is 1. The zero-order valence-corrected chi connectivity index (χ0v) is 16.2. The van der Waals surface area contributed by atoms with Crippen molar-refractivity contribution in [3.05, 3.63) is 71.3 Å². The van der Waals surface area contributed by atoms with Crippen LogP contribution in [0.5, 0.6) is 0 Å². The van der Waals surface area contributed by atoms with Crippen LogP contribution < -0.4 is 9.62 Å². The van der Waals surface area contributed by atoms with Crippen LogP contribution >= 0.6 is 11.6 Å². The van der Waals surface area contributed by atoms with E-state index in [-0.39, 0.29) is 17.1 Å². The standard InChI is InChI=1S/C18H16ClF3N2O3S/c1-3-10-24(28(2,26)27)14-7-4-12(5-8-14)17(25)23-16-9-6-13(19)11-15(16)18(20,21)22/h3-9,11H,1,10H2,2H3,(H,23,25). The number of rotatable bonds is 6. The smallest absolute Gasteiger partial charge is 0.321 e. The molecule has 1 N–H and O–H groups in total. The van der Waals surface area contributed by atoms with Crippen LogP contribution in [0.25, 0.3) is 0 Å². The van der Waals surface area contributed by atoms with Crippen molar-refractivity contribution in [3.63, 3.8) is 0 Å². The van der Waals surface area contributed by atoms with Gasteiger partial charge in [-0.2, -0.15) is 13.2 Å². The number of amides is 1. The van der Waals surface area contributed by atoms with E-state index in [4.69, 9.17) is 11.6 Å². The van der Waals surface area contributed by atoms with Gasteiger partial charge in [0.05, 0.1) is 29.7 Å². The van der Waals surface area contributed by atoms with Crippen molar-refractivity contribution < 1.29 is 26.4 Å². The molecule has 150 valence electrons. The van der Waals surface area contributed by atoms with Crippen molar-refractivity contribution in [3.8, 4) is 0 Å². The van der Waals surface area contributed by atoms with Crippen LogP contribution in [-0.2, 0) is 16.2 Å². The monoisotopic (exact) mass is 432 g/mol. The number of benzene rings is 2. The lowest BCUT2D eigenvalue weighted by Gasteiger charge is -2.21. The Labute approximate surface area is 165 Å². The van der Waals surface area contributed by atoms with Crippen molar-refractivity contribution in [2.75, 3.05) is 22.4 Å². The number of carbonyl (C=O) groups is 1. The fourth-order valence-corrected chi connectivity index (χ4v) is 3.44. The van der Waals surface area contributed by atoms with E-state index in [0.29, 0.717) is 5.69 Å². The number of nitrogens with one attached hydrogen (secondary N) is 1. The van der Waals surface area contributed by atoms with Crippen LogP contribution in [0.3, 0.4) is 0 Å². The molecule has 0 unspecified atom stereocenters. The number of halogens is 4. The van der Waals surface area contributed by atoms with E-state index in [0.717, 1.165) is 22.7 Å². The first-order valence-corrected chi connectivity index (χ1v) is 10.0. The molecule has 0 fully saturated rings. The van der Waals surface area contributed by atoms with Gasteiger partial charge in [0.2, 0.25) is 10.0 Å². The van der Waals surface area contributed by atoms with Gasteiger partial charge in [0.25, 0.3) is 5.91 Å². The van der Waals surface area contributed by atoms with Gasteiger partial charge in [-0.15, -0.1) is 6.58 Å². The zero-order valence-electron chi connectivity index (χ0n) is 14.6. The molecule has 0 spiro atoms. The summed E-state index contributed by atoms with van der Waals surface area (Å²) in [6.45, 7) is 3.53. The summed E-state index contributed by atoms with van der Waals surface area (Å²) < 4.78 is 64.1. The van der Waals surface area contributed by atoms with Gasteiger partial charge in [-0.3, -0.25) is 9.10 Å². The van der Waals surface area contributed by atoms with Crippen LogP contribution in [0.15, 0.2) is 55.1 Å². The first kappa shape index (κ1) is 21.8. The Hall–Kier alpha value is -2.52. The lowest BCUT2D eigenvalue weighted by molar-refractivity contribution is -0.136. The molecule has 0 atom stereocenters. The predicted octanol–water partition coefficient (Wildman–Crippen LogP) is 4.56. The third-order valence-electron chi connectivity index (χ3n) is 3.65. The normalized spacial score (nSPS) is 11.8. The second-order valence-corrected chi connectivity index (χ2v) is 8.11. The predicted molar refractivity (Wildman–Crippen MR) is 103 cm³/mol. The molecule has 0 saturated carbocycles. The van der Waals surface area contributed by atoms with Crippen LogP contribution in [0, 0.1) is 0 Å². The van der Waals surface area contributed by atoms with Gasteiger partial charge >= 0.3 is 6.18 Å². The maximum Gasteiger partial charge on any atom is 0.418 e. The van der Waals surface area contributed by atoms with E-state index < -0.39 is 33.4 Å². The summed E-state index contributed by atoms with van der Waals surface area (Å²) in [7, 11) is -3.56. The molecular weight excluding hydrogens is 417 g/mol. The maximum absolute atomic E-state index is 13.1. The molecule has 28 heavy (non-hydrogen) atoms. The first-order valence-electron chi connectivity index (χ1n) is 7.80. The van der Waals surface area contributed by atoms with Gasteiger partial charge in [-0.05, 0) is 42.5 Å².